The molecule has 0 aliphatic rings. The highest BCUT2D eigenvalue weighted by molar-refractivity contribution is 7.90. The first-order valence-corrected chi connectivity index (χ1v) is 11.2. The number of benzene rings is 1. The normalized spacial score (nSPS) is 12.2. The van der Waals surface area contributed by atoms with Gasteiger partial charge >= 0.3 is 0 Å². The average molecular weight is 375 g/mol. The molecule has 0 aliphatic carbocycles. The van der Waals surface area contributed by atoms with Gasteiger partial charge in [-0.15, -0.1) is 0 Å². The van der Waals surface area contributed by atoms with Crippen LogP contribution in [0.1, 0.15) is 38.4 Å². The van der Waals surface area contributed by atoms with Gasteiger partial charge in [-0.3, -0.25) is 0 Å². The van der Waals surface area contributed by atoms with E-state index in [4.69, 9.17) is 10.7 Å². The molecule has 3 rings (SSSR count). The van der Waals surface area contributed by atoms with E-state index in [0.29, 0.717) is 18.8 Å². The fourth-order valence-electron chi connectivity index (χ4n) is 3.35. The van der Waals surface area contributed by atoms with E-state index in [9.17, 15) is 8.42 Å². The molecule has 0 unspecified atom stereocenters. The first kappa shape index (κ1) is 18.6. The number of rotatable bonds is 8. The van der Waals surface area contributed by atoms with Crippen LogP contribution in [0.5, 0.6) is 0 Å². The second kappa shape index (κ2) is 7.61. The molecule has 7 heteroatoms. The van der Waals surface area contributed by atoms with E-state index in [2.05, 4.69) is 16.5 Å². The third kappa shape index (κ3) is 3.98. The van der Waals surface area contributed by atoms with Crippen LogP contribution in [-0.4, -0.2) is 35.0 Å². The molecule has 2 heterocycles. The number of aryl methyl sites for hydroxylation is 2. The summed E-state index contributed by atoms with van der Waals surface area (Å²) >= 11 is 0. The van der Waals surface area contributed by atoms with Crippen molar-refractivity contribution in [3.05, 3.63) is 30.1 Å². The van der Waals surface area contributed by atoms with Crippen molar-refractivity contribution >= 4 is 37.6 Å². The number of hydrogen-bond donors (Lipinski definition) is 1. The van der Waals surface area contributed by atoms with Crippen LogP contribution < -0.4 is 5.73 Å². The van der Waals surface area contributed by atoms with Crippen molar-refractivity contribution in [2.75, 3.05) is 17.7 Å². The largest absolute Gasteiger partial charge is 0.382 e. The van der Waals surface area contributed by atoms with Crippen molar-refractivity contribution < 1.29 is 8.42 Å². The third-order valence-electron chi connectivity index (χ3n) is 4.59. The highest BCUT2D eigenvalue weighted by Crippen LogP contribution is 2.29. The summed E-state index contributed by atoms with van der Waals surface area (Å²) in [6.45, 7) is 2.78. The van der Waals surface area contributed by atoms with Crippen molar-refractivity contribution in [2.24, 2.45) is 0 Å². The molecule has 0 saturated heterocycles. The fraction of sp³-hybridized carbons (Fsp3) is 0.474. The summed E-state index contributed by atoms with van der Waals surface area (Å²) < 4.78 is 25.2. The summed E-state index contributed by atoms with van der Waals surface area (Å²) in [5, 5.41) is 1.00. The van der Waals surface area contributed by atoms with E-state index in [1.807, 2.05) is 24.3 Å². The van der Waals surface area contributed by atoms with E-state index in [-0.39, 0.29) is 5.75 Å². The van der Waals surface area contributed by atoms with Gasteiger partial charge in [0.1, 0.15) is 21.2 Å². The van der Waals surface area contributed by atoms with Gasteiger partial charge in [0.25, 0.3) is 0 Å². The van der Waals surface area contributed by atoms with Crippen molar-refractivity contribution in [1.82, 2.24) is 14.5 Å². The molecule has 0 radical (unpaired) electrons. The number of fused-ring (bicyclic) bond motifs is 3. The number of nitrogens with zero attached hydrogens (tertiary/aromatic N) is 3. The van der Waals surface area contributed by atoms with Crippen LogP contribution in [0.25, 0.3) is 21.9 Å². The minimum Gasteiger partial charge on any atom is -0.382 e. The van der Waals surface area contributed by atoms with Crippen LogP contribution in [0.2, 0.25) is 0 Å². The number of imidazole rings is 1. The molecule has 1 aromatic carbocycles. The maximum atomic E-state index is 11.5. The smallest absolute Gasteiger partial charge is 0.152 e. The zero-order valence-corrected chi connectivity index (χ0v) is 16.2. The van der Waals surface area contributed by atoms with Crippen molar-refractivity contribution in [3.8, 4) is 0 Å². The third-order valence-corrected chi connectivity index (χ3v) is 5.62. The number of sulfone groups is 1. The molecule has 26 heavy (non-hydrogen) atoms. The van der Waals surface area contributed by atoms with E-state index in [1.165, 1.54) is 6.26 Å². The summed E-state index contributed by atoms with van der Waals surface area (Å²) in [6.07, 6.45) is 6.02. The second-order valence-electron chi connectivity index (χ2n) is 6.83. The van der Waals surface area contributed by atoms with E-state index in [1.54, 1.807) is 0 Å². The summed E-state index contributed by atoms with van der Waals surface area (Å²) in [7, 11) is -2.99. The second-order valence-corrected chi connectivity index (χ2v) is 9.09. The maximum absolute atomic E-state index is 11.5. The van der Waals surface area contributed by atoms with Gasteiger partial charge in [-0.05, 0) is 18.9 Å². The van der Waals surface area contributed by atoms with Gasteiger partial charge in [0.05, 0.1) is 16.8 Å². The number of anilines is 1. The average Bonchev–Trinajstić information content (AvgIpc) is 2.94. The van der Waals surface area contributed by atoms with Gasteiger partial charge in [0.2, 0.25) is 0 Å². The Labute approximate surface area is 154 Å². The molecule has 0 fully saturated rings. The highest BCUT2D eigenvalue weighted by Gasteiger charge is 2.17. The van der Waals surface area contributed by atoms with Gasteiger partial charge in [-0.1, -0.05) is 38.0 Å². The number of nitrogens with two attached hydrogens (primary N) is 1. The molecule has 0 atom stereocenters. The zero-order valence-electron chi connectivity index (χ0n) is 15.4. The topological polar surface area (TPSA) is 90.9 Å². The summed E-state index contributed by atoms with van der Waals surface area (Å²) in [6, 6.07) is 7.88. The van der Waals surface area contributed by atoms with Crippen LogP contribution >= 0.6 is 0 Å². The van der Waals surface area contributed by atoms with Gasteiger partial charge in [0.15, 0.2) is 5.82 Å². The Kier molecular flexibility index (Phi) is 5.46. The van der Waals surface area contributed by atoms with Gasteiger partial charge in [-0.2, -0.15) is 0 Å². The van der Waals surface area contributed by atoms with Gasteiger partial charge in [-0.25, -0.2) is 18.4 Å². The van der Waals surface area contributed by atoms with Crippen LogP contribution in [0.3, 0.4) is 0 Å². The van der Waals surface area contributed by atoms with Crippen molar-refractivity contribution in [1.29, 1.82) is 0 Å². The molecule has 0 bridgehead atoms. The molecule has 2 N–H and O–H groups in total. The fourth-order valence-corrected chi connectivity index (χ4v) is 4.01. The van der Waals surface area contributed by atoms with Crippen molar-refractivity contribution in [2.45, 2.75) is 45.6 Å². The molecule has 0 amide bonds. The Morgan fingerprint density at radius 1 is 1.12 bits per heavy atom. The lowest BCUT2D eigenvalue weighted by Gasteiger charge is -2.10. The lowest BCUT2D eigenvalue weighted by molar-refractivity contribution is 0.586. The standard InChI is InChI=1S/C19H26N4O2S/c1-3-4-5-11-16-22-17-18(23(16)12-8-13-26(2,24)25)14-9-6-7-10-15(14)21-19(17)20/h6-7,9-10H,3-5,8,11-13H2,1-2H3,(H2,20,21). The summed E-state index contributed by atoms with van der Waals surface area (Å²) in [5.41, 5.74) is 8.69. The monoisotopic (exact) mass is 374 g/mol. The SMILES string of the molecule is CCCCCc1nc2c(N)nc3ccccc3c2n1CCCS(C)(=O)=O. The Hall–Kier alpha value is -2.15. The van der Waals surface area contributed by atoms with Crippen LogP contribution in [0.15, 0.2) is 24.3 Å². The van der Waals surface area contributed by atoms with Gasteiger partial charge in [0, 0.05) is 24.6 Å². The number of nitrogen functional groups attached to an aromatic ring is 1. The van der Waals surface area contributed by atoms with E-state index in [0.717, 1.165) is 53.4 Å². The summed E-state index contributed by atoms with van der Waals surface area (Å²) in [5.74, 6) is 1.56. The van der Waals surface area contributed by atoms with Crippen LogP contribution in [0, 0.1) is 0 Å². The van der Waals surface area contributed by atoms with Gasteiger partial charge < -0.3 is 10.3 Å². The Morgan fingerprint density at radius 3 is 2.62 bits per heavy atom. The van der Waals surface area contributed by atoms with E-state index >= 15 is 0 Å². The zero-order chi connectivity index (χ0) is 18.7. The predicted molar refractivity (Wildman–Crippen MR) is 107 cm³/mol. The summed E-state index contributed by atoms with van der Waals surface area (Å²) in [4.78, 5) is 9.26. The molecular formula is C19H26N4O2S. The first-order valence-electron chi connectivity index (χ1n) is 9.11. The minimum atomic E-state index is -2.99. The lowest BCUT2D eigenvalue weighted by atomic mass is 10.2. The quantitative estimate of drug-likeness (QED) is 0.611. The first-order chi connectivity index (χ1) is 12.4. The number of aromatic nitrogens is 3. The van der Waals surface area contributed by atoms with E-state index < -0.39 is 9.84 Å². The number of unbranched alkanes of at least 4 members (excludes halogenated alkanes) is 2. The molecule has 2 aromatic heterocycles. The molecule has 3 aromatic rings. The van der Waals surface area contributed by atoms with Crippen LogP contribution in [-0.2, 0) is 22.8 Å². The predicted octanol–water partition coefficient (Wildman–Crippen LogP) is 3.33. The molecule has 0 aliphatic heterocycles. The Balaban J connectivity index is 2.10. The number of pyridine rings is 1. The maximum Gasteiger partial charge on any atom is 0.152 e. The molecule has 140 valence electrons. The minimum absolute atomic E-state index is 0.166. The molecule has 6 nitrogen and oxygen atoms in total. The number of para-hydroxylation sites is 1. The molecule has 0 spiro atoms. The molecular weight excluding hydrogens is 348 g/mol. The van der Waals surface area contributed by atoms with Crippen LogP contribution in [0.4, 0.5) is 5.82 Å². The molecule has 0 saturated carbocycles. The number of hydrogen-bond acceptors (Lipinski definition) is 5. The lowest BCUT2D eigenvalue weighted by Crippen LogP contribution is -2.10. The highest BCUT2D eigenvalue weighted by atomic mass is 32.2. The van der Waals surface area contributed by atoms with Crippen molar-refractivity contribution in [3.63, 3.8) is 0 Å². The Bertz CT molecular complexity index is 1020. The Morgan fingerprint density at radius 2 is 1.88 bits per heavy atom.